The van der Waals surface area contributed by atoms with Gasteiger partial charge in [0.2, 0.25) is 5.91 Å². The first-order chi connectivity index (χ1) is 9.58. The zero-order valence-electron chi connectivity index (χ0n) is 12.4. The molecule has 3 N–H and O–H groups in total. The molecule has 0 heterocycles. The highest BCUT2D eigenvalue weighted by Crippen LogP contribution is 2.33. The summed E-state index contributed by atoms with van der Waals surface area (Å²) < 4.78 is 5.29. The number of hydrogen-bond acceptors (Lipinski definition) is 4. The lowest BCUT2D eigenvalue weighted by Crippen LogP contribution is -2.31. The average molecular weight is 296 g/mol. The highest BCUT2D eigenvalue weighted by atomic mass is 32.2. The van der Waals surface area contributed by atoms with Crippen LogP contribution in [-0.4, -0.2) is 24.8 Å². The van der Waals surface area contributed by atoms with Crippen LogP contribution in [0.1, 0.15) is 33.1 Å². The van der Waals surface area contributed by atoms with Crippen LogP contribution in [0.5, 0.6) is 5.75 Å². The Morgan fingerprint density at radius 3 is 2.85 bits per heavy atom. The molecule has 20 heavy (non-hydrogen) atoms. The molecule has 0 aliphatic rings. The number of unbranched alkanes of at least 4 members (excludes halogenated alkanes) is 2. The van der Waals surface area contributed by atoms with Crippen LogP contribution in [0.3, 0.4) is 0 Å². The van der Waals surface area contributed by atoms with E-state index in [1.54, 1.807) is 13.2 Å². The third-order valence-electron chi connectivity index (χ3n) is 2.94. The molecule has 1 aromatic carbocycles. The molecule has 0 saturated heterocycles. The molecule has 1 atom stereocenters. The highest BCUT2D eigenvalue weighted by Gasteiger charge is 2.16. The first kappa shape index (κ1) is 16.7. The van der Waals surface area contributed by atoms with Crippen molar-refractivity contribution in [1.29, 1.82) is 0 Å². The number of nitrogens with two attached hydrogens (primary N) is 1. The summed E-state index contributed by atoms with van der Waals surface area (Å²) in [5, 5.41) is 2.80. The Balaban J connectivity index is 2.52. The highest BCUT2D eigenvalue weighted by molar-refractivity contribution is 8.00. The van der Waals surface area contributed by atoms with Crippen molar-refractivity contribution in [1.82, 2.24) is 5.32 Å². The van der Waals surface area contributed by atoms with Gasteiger partial charge in [0, 0.05) is 18.3 Å². The molecule has 5 heteroatoms. The number of nitrogen functional groups attached to an aromatic ring is 1. The third kappa shape index (κ3) is 5.33. The van der Waals surface area contributed by atoms with Crippen molar-refractivity contribution in [2.75, 3.05) is 19.4 Å². The van der Waals surface area contributed by atoms with E-state index < -0.39 is 0 Å². The van der Waals surface area contributed by atoms with Crippen LogP contribution in [0.2, 0.25) is 0 Å². The Labute approximate surface area is 125 Å². The van der Waals surface area contributed by atoms with Crippen LogP contribution in [0.4, 0.5) is 5.69 Å². The maximum absolute atomic E-state index is 12.0. The lowest BCUT2D eigenvalue weighted by Gasteiger charge is -2.14. The summed E-state index contributed by atoms with van der Waals surface area (Å²) >= 11 is 1.48. The summed E-state index contributed by atoms with van der Waals surface area (Å²) in [4.78, 5) is 12.9. The minimum absolute atomic E-state index is 0.0602. The van der Waals surface area contributed by atoms with Gasteiger partial charge in [-0.15, -0.1) is 11.8 Å². The standard InChI is InChI=1S/C15H24N2O2S/c1-4-5-6-9-17-15(18)11(2)20-14-8-7-12(16)10-13(14)19-3/h7-8,10-11H,4-6,9,16H2,1-3H3,(H,17,18). The number of methoxy groups -OCH3 is 1. The number of anilines is 1. The zero-order valence-corrected chi connectivity index (χ0v) is 13.3. The van der Waals surface area contributed by atoms with Gasteiger partial charge in [0.15, 0.2) is 0 Å². The Morgan fingerprint density at radius 1 is 1.45 bits per heavy atom. The summed E-state index contributed by atoms with van der Waals surface area (Å²) in [5.74, 6) is 0.769. The van der Waals surface area contributed by atoms with Crippen molar-refractivity contribution in [2.45, 2.75) is 43.3 Å². The Kier molecular flexibility index (Phi) is 7.30. The summed E-state index contributed by atoms with van der Waals surface area (Å²) in [6.45, 7) is 4.79. The third-order valence-corrected chi connectivity index (χ3v) is 4.10. The first-order valence-electron chi connectivity index (χ1n) is 6.96. The van der Waals surface area contributed by atoms with Gasteiger partial charge in [-0.1, -0.05) is 19.8 Å². The van der Waals surface area contributed by atoms with E-state index >= 15 is 0 Å². The van der Waals surface area contributed by atoms with E-state index in [4.69, 9.17) is 10.5 Å². The molecule has 0 saturated carbocycles. The maximum Gasteiger partial charge on any atom is 0.233 e. The fraction of sp³-hybridized carbons (Fsp3) is 0.533. The topological polar surface area (TPSA) is 64.4 Å². The van der Waals surface area contributed by atoms with Gasteiger partial charge in [-0.05, 0) is 25.5 Å². The monoisotopic (exact) mass is 296 g/mol. The smallest absolute Gasteiger partial charge is 0.233 e. The van der Waals surface area contributed by atoms with Crippen molar-refractivity contribution < 1.29 is 9.53 Å². The van der Waals surface area contributed by atoms with Crippen LogP contribution < -0.4 is 15.8 Å². The minimum Gasteiger partial charge on any atom is -0.496 e. The molecule has 1 unspecified atom stereocenters. The molecule has 0 aliphatic carbocycles. The van der Waals surface area contributed by atoms with Gasteiger partial charge in [0.1, 0.15) is 5.75 Å². The predicted molar refractivity (Wildman–Crippen MR) is 85.3 cm³/mol. The second kappa shape index (κ2) is 8.74. The number of thioether (sulfide) groups is 1. The maximum atomic E-state index is 12.0. The Morgan fingerprint density at radius 2 is 2.20 bits per heavy atom. The lowest BCUT2D eigenvalue weighted by atomic mass is 10.2. The van der Waals surface area contributed by atoms with E-state index in [0.717, 1.165) is 30.7 Å². The SMILES string of the molecule is CCCCCNC(=O)C(C)Sc1ccc(N)cc1OC. The summed E-state index contributed by atoms with van der Waals surface area (Å²) in [7, 11) is 1.61. The Bertz CT molecular complexity index is 438. The van der Waals surface area contributed by atoms with Gasteiger partial charge < -0.3 is 15.8 Å². The molecule has 0 spiro atoms. The molecular formula is C15H24N2O2S. The van der Waals surface area contributed by atoms with Crippen LogP contribution >= 0.6 is 11.8 Å². The fourth-order valence-electron chi connectivity index (χ4n) is 1.76. The summed E-state index contributed by atoms with van der Waals surface area (Å²) in [6, 6.07) is 5.48. The molecule has 1 amide bonds. The number of ether oxygens (including phenoxy) is 1. The van der Waals surface area contributed by atoms with Crippen LogP contribution in [0.25, 0.3) is 0 Å². The molecule has 1 aromatic rings. The molecule has 0 aliphatic heterocycles. The summed E-state index contributed by atoms with van der Waals surface area (Å²) in [6.07, 6.45) is 3.33. The largest absolute Gasteiger partial charge is 0.496 e. The van der Waals surface area contributed by atoms with Crippen LogP contribution in [0.15, 0.2) is 23.1 Å². The second-order valence-electron chi connectivity index (χ2n) is 4.67. The Hall–Kier alpha value is -1.36. The number of nitrogens with one attached hydrogen (secondary N) is 1. The average Bonchev–Trinajstić information content (AvgIpc) is 2.45. The number of carbonyl (C=O) groups is 1. The number of carbonyl (C=O) groups excluding carboxylic acids is 1. The van der Waals surface area contributed by atoms with Gasteiger partial charge in [-0.25, -0.2) is 0 Å². The normalized spacial score (nSPS) is 11.9. The molecule has 1 rings (SSSR count). The molecular weight excluding hydrogens is 272 g/mol. The van der Waals surface area contributed by atoms with E-state index in [9.17, 15) is 4.79 Å². The molecule has 0 aromatic heterocycles. The van der Waals surface area contributed by atoms with Gasteiger partial charge in [-0.3, -0.25) is 4.79 Å². The van der Waals surface area contributed by atoms with Gasteiger partial charge in [-0.2, -0.15) is 0 Å². The van der Waals surface area contributed by atoms with Crippen molar-refractivity contribution in [2.24, 2.45) is 0 Å². The van der Waals surface area contributed by atoms with Gasteiger partial charge in [0.05, 0.1) is 17.3 Å². The van der Waals surface area contributed by atoms with Crippen LogP contribution in [-0.2, 0) is 4.79 Å². The van der Waals surface area contributed by atoms with E-state index in [2.05, 4.69) is 12.2 Å². The number of hydrogen-bond donors (Lipinski definition) is 2. The molecule has 0 fully saturated rings. The molecule has 0 radical (unpaired) electrons. The van der Waals surface area contributed by atoms with Crippen LogP contribution in [0, 0.1) is 0 Å². The van der Waals surface area contributed by atoms with E-state index in [-0.39, 0.29) is 11.2 Å². The van der Waals surface area contributed by atoms with Gasteiger partial charge >= 0.3 is 0 Å². The van der Waals surface area contributed by atoms with Gasteiger partial charge in [0.25, 0.3) is 0 Å². The van der Waals surface area contributed by atoms with E-state index in [1.807, 2.05) is 19.1 Å². The quantitative estimate of drug-likeness (QED) is 0.439. The fourth-order valence-corrected chi connectivity index (χ4v) is 2.73. The van der Waals surface area contributed by atoms with Crippen molar-refractivity contribution >= 4 is 23.4 Å². The second-order valence-corrected chi connectivity index (χ2v) is 6.05. The number of benzene rings is 1. The van der Waals surface area contributed by atoms with Crippen molar-refractivity contribution in [3.63, 3.8) is 0 Å². The number of amides is 1. The molecule has 0 bridgehead atoms. The zero-order chi connectivity index (χ0) is 15.0. The lowest BCUT2D eigenvalue weighted by molar-refractivity contribution is -0.120. The number of rotatable bonds is 8. The summed E-state index contributed by atoms with van der Waals surface area (Å²) in [5.41, 5.74) is 6.37. The van der Waals surface area contributed by atoms with Crippen molar-refractivity contribution in [3.05, 3.63) is 18.2 Å². The molecule has 4 nitrogen and oxygen atoms in total. The van der Waals surface area contributed by atoms with Crippen molar-refractivity contribution in [3.8, 4) is 5.75 Å². The van der Waals surface area contributed by atoms with E-state index in [0.29, 0.717) is 11.4 Å². The minimum atomic E-state index is -0.158. The predicted octanol–water partition coefficient (Wildman–Crippen LogP) is 3.06. The van der Waals surface area contributed by atoms with E-state index in [1.165, 1.54) is 11.8 Å². The molecule has 112 valence electrons. The first-order valence-corrected chi connectivity index (χ1v) is 7.84.